The Bertz CT molecular complexity index is 1400. The first kappa shape index (κ1) is 25.5. The van der Waals surface area contributed by atoms with E-state index in [2.05, 4.69) is 45.6 Å². The average Bonchev–Trinajstić information content (AvgIpc) is 3.65. The summed E-state index contributed by atoms with van der Waals surface area (Å²) in [4.78, 5) is 35.2. The van der Waals surface area contributed by atoms with Crippen molar-refractivity contribution in [3.05, 3.63) is 59.5 Å². The fraction of sp³-hybridized carbons (Fsp3) is 0.452. The number of phenolic OH excluding ortho intramolecular Hbond substituents is 1. The van der Waals surface area contributed by atoms with Crippen LogP contribution in [0.1, 0.15) is 68.4 Å². The van der Waals surface area contributed by atoms with Crippen molar-refractivity contribution in [1.29, 1.82) is 0 Å². The summed E-state index contributed by atoms with van der Waals surface area (Å²) in [6.07, 6.45) is 6.37. The minimum Gasteiger partial charge on any atom is -0.508 e. The molecule has 2 heterocycles. The monoisotopic (exact) mass is 528 g/mol. The number of methoxy groups -OCH3 is 1. The van der Waals surface area contributed by atoms with Gasteiger partial charge in [-0.2, -0.15) is 0 Å². The Kier molecular flexibility index (Phi) is 6.57. The van der Waals surface area contributed by atoms with Crippen molar-refractivity contribution >= 4 is 12.0 Å². The number of phenols is 1. The second kappa shape index (κ2) is 10.1. The van der Waals surface area contributed by atoms with Crippen LogP contribution in [0.15, 0.2) is 42.6 Å². The Balaban J connectivity index is 1.21. The van der Waals surface area contributed by atoms with Crippen molar-refractivity contribution in [3.63, 3.8) is 0 Å². The number of imidazole rings is 1. The smallest absolute Gasteiger partial charge is 0.407 e. The zero-order valence-corrected chi connectivity index (χ0v) is 22.7. The molecule has 1 saturated heterocycles. The van der Waals surface area contributed by atoms with E-state index in [1.807, 2.05) is 31.0 Å². The summed E-state index contributed by atoms with van der Waals surface area (Å²) >= 11 is 0. The molecule has 0 bridgehead atoms. The van der Waals surface area contributed by atoms with Crippen molar-refractivity contribution in [1.82, 2.24) is 20.2 Å². The van der Waals surface area contributed by atoms with Crippen LogP contribution in [0.3, 0.4) is 0 Å². The van der Waals surface area contributed by atoms with Crippen LogP contribution in [-0.4, -0.2) is 51.7 Å². The van der Waals surface area contributed by atoms with Gasteiger partial charge >= 0.3 is 6.09 Å². The van der Waals surface area contributed by atoms with Gasteiger partial charge in [-0.1, -0.05) is 44.2 Å². The van der Waals surface area contributed by atoms with Crippen LogP contribution < -0.4 is 5.32 Å². The van der Waals surface area contributed by atoms with Crippen molar-refractivity contribution in [2.75, 3.05) is 13.7 Å². The minimum absolute atomic E-state index is 0.0754. The lowest BCUT2D eigenvalue weighted by molar-refractivity contribution is -0.135. The molecule has 2 aromatic carbocycles. The molecule has 2 fully saturated rings. The predicted molar refractivity (Wildman–Crippen MR) is 148 cm³/mol. The molecule has 4 atom stereocenters. The van der Waals surface area contributed by atoms with Crippen LogP contribution in [0.4, 0.5) is 4.79 Å². The molecule has 8 heteroatoms. The van der Waals surface area contributed by atoms with Gasteiger partial charge < -0.3 is 25.0 Å². The lowest BCUT2D eigenvalue weighted by Gasteiger charge is -2.31. The van der Waals surface area contributed by atoms with E-state index in [4.69, 9.17) is 4.74 Å². The third-order valence-electron chi connectivity index (χ3n) is 8.93. The highest BCUT2D eigenvalue weighted by atomic mass is 16.5. The Morgan fingerprint density at radius 2 is 1.87 bits per heavy atom. The number of hydrogen-bond acceptors (Lipinski definition) is 5. The van der Waals surface area contributed by atoms with Gasteiger partial charge in [-0.3, -0.25) is 4.79 Å². The molecule has 0 spiro atoms. The molecule has 2 aliphatic carbocycles. The molecule has 2 unspecified atom stereocenters. The Morgan fingerprint density at radius 1 is 1.10 bits per heavy atom. The van der Waals surface area contributed by atoms with Crippen LogP contribution in [0.2, 0.25) is 0 Å². The number of aromatic hydroxyl groups is 1. The van der Waals surface area contributed by atoms with Gasteiger partial charge in [-0.25, -0.2) is 9.78 Å². The number of carbonyl (C=O) groups is 2. The maximum Gasteiger partial charge on any atom is 0.407 e. The number of likely N-dealkylation sites (tertiary alicyclic amines) is 1. The second-order valence-corrected chi connectivity index (χ2v) is 11.5. The molecule has 204 valence electrons. The number of aromatic nitrogens is 2. The van der Waals surface area contributed by atoms with Crippen LogP contribution in [0.5, 0.6) is 5.75 Å². The van der Waals surface area contributed by atoms with Crippen LogP contribution in [0.25, 0.3) is 22.4 Å². The number of carbonyl (C=O) groups excluding carboxylic acids is 2. The van der Waals surface area contributed by atoms with Crippen LogP contribution >= 0.6 is 0 Å². The number of benzene rings is 2. The summed E-state index contributed by atoms with van der Waals surface area (Å²) in [6.45, 7) is 4.45. The fourth-order valence-corrected chi connectivity index (χ4v) is 6.67. The predicted octanol–water partition coefficient (Wildman–Crippen LogP) is 5.54. The van der Waals surface area contributed by atoms with Crippen molar-refractivity contribution in [3.8, 4) is 28.1 Å². The number of nitrogens with one attached hydrogen (secondary N) is 2. The van der Waals surface area contributed by atoms with E-state index >= 15 is 0 Å². The molecule has 1 saturated carbocycles. The Labute approximate surface area is 228 Å². The van der Waals surface area contributed by atoms with Gasteiger partial charge in [0, 0.05) is 6.54 Å². The molecule has 1 aliphatic heterocycles. The second-order valence-electron chi connectivity index (χ2n) is 11.5. The highest BCUT2D eigenvalue weighted by Crippen LogP contribution is 2.56. The molecule has 2 amide bonds. The zero-order valence-electron chi connectivity index (χ0n) is 22.7. The number of rotatable bonds is 6. The van der Waals surface area contributed by atoms with E-state index in [-0.39, 0.29) is 17.9 Å². The molecule has 3 N–H and O–H groups in total. The normalized spacial score (nSPS) is 22.3. The molecule has 8 nitrogen and oxygen atoms in total. The van der Waals surface area contributed by atoms with E-state index in [0.29, 0.717) is 24.1 Å². The van der Waals surface area contributed by atoms with E-state index in [9.17, 15) is 14.7 Å². The van der Waals surface area contributed by atoms with E-state index < -0.39 is 12.1 Å². The summed E-state index contributed by atoms with van der Waals surface area (Å²) in [5, 5.41) is 13.1. The summed E-state index contributed by atoms with van der Waals surface area (Å²) in [5.74, 6) is 2.26. The summed E-state index contributed by atoms with van der Waals surface area (Å²) < 4.78 is 4.73. The number of alkyl carbamates (subject to hydrolysis) is 1. The number of fused-ring (bicyclic) bond motifs is 3. The first-order chi connectivity index (χ1) is 18.9. The zero-order chi connectivity index (χ0) is 27.3. The SMILES string of the molecule is COC(=O)N[C@H](C(=O)N1CCC[C@H]1c1ncc(-c2ccc(-c3ccc(O)c4c3C3CCC3C4)cc2)[nH]1)C(C)C. The lowest BCUT2D eigenvalue weighted by Crippen LogP contribution is -2.51. The number of hydrogen-bond donors (Lipinski definition) is 3. The standard InChI is InChI=1S/C31H36N4O4/c1-17(2)28(34-31(38)39-3)30(37)35-14-4-5-25(35)29-32-16-24(33-29)19-8-6-18(7-9-19)21-12-13-26(36)23-15-20-10-11-22(20)27(21)23/h6-9,12-13,16-17,20,22,25,28,36H,4-5,10-11,14-15H2,1-3H3,(H,32,33)(H,34,38)/t20?,22?,25-,28-/m0/s1. The van der Waals surface area contributed by atoms with Gasteiger partial charge in [0.1, 0.15) is 17.6 Å². The van der Waals surface area contributed by atoms with E-state index in [1.165, 1.54) is 31.1 Å². The third-order valence-corrected chi connectivity index (χ3v) is 8.93. The number of aromatic amines is 1. The summed E-state index contributed by atoms with van der Waals surface area (Å²) in [5.41, 5.74) is 6.80. The van der Waals surface area contributed by atoms with Gasteiger partial charge in [0.15, 0.2) is 0 Å². The molecule has 6 rings (SSSR count). The third kappa shape index (κ3) is 4.45. The largest absolute Gasteiger partial charge is 0.508 e. The highest BCUT2D eigenvalue weighted by molar-refractivity contribution is 5.86. The Morgan fingerprint density at radius 3 is 2.56 bits per heavy atom. The number of H-pyrrole nitrogens is 1. The summed E-state index contributed by atoms with van der Waals surface area (Å²) in [7, 11) is 1.30. The molecule has 3 aliphatic rings. The average molecular weight is 529 g/mol. The topological polar surface area (TPSA) is 108 Å². The van der Waals surface area contributed by atoms with Crippen molar-refractivity contribution in [2.45, 2.75) is 64.0 Å². The molecule has 3 aromatic rings. The molecule has 39 heavy (non-hydrogen) atoms. The first-order valence-corrected chi connectivity index (χ1v) is 14.0. The molecular weight excluding hydrogens is 492 g/mol. The first-order valence-electron chi connectivity index (χ1n) is 14.0. The van der Waals surface area contributed by atoms with Gasteiger partial charge in [-0.05, 0) is 83.7 Å². The van der Waals surface area contributed by atoms with E-state index in [0.717, 1.165) is 47.5 Å². The van der Waals surface area contributed by atoms with Gasteiger partial charge in [0.2, 0.25) is 5.91 Å². The van der Waals surface area contributed by atoms with Gasteiger partial charge in [0.25, 0.3) is 0 Å². The van der Waals surface area contributed by atoms with Crippen LogP contribution in [-0.2, 0) is 16.0 Å². The number of ether oxygens (including phenoxy) is 1. The van der Waals surface area contributed by atoms with Gasteiger partial charge in [-0.15, -0.1) is 0 Å². The maximum atomic E-state index is 13.4. The Hall–Kier alpha value is -3.81. The lowest BCUT2D eigenvalue weighted by atomic mass is 9.73. The molecular formula is C31H36N4O4. The minimum atomic E-state index is -0.656. The quantitative estimate of drug-likeness (QED) is 0.389. The number of amides is 2. The van der Waals surface area contributed by atoms with E-state index in [1.54, 1.807) is 0 Å². The van der Waals surface area contributed by atoms with Crippen molar-refractivity contribution < 1.29 is 19.4 Å². The van der Waals surface area contributed by atoms with Crippen molar-refractivity contribution in [2.24, 2.45) is 11.8 Å². The van der Waals surface area contributed by atoms with Gasteiger partial charge in [0.05, 0.1) is 25.0 Å². The summed E-state index contributed by atoms with van der Waals surface area (Å²) in [6, 6.07) is 11.6. The van der Waals surface area contributed by atoms with Crippen LogP contribution in [0, 0.1) is 11.8 Å². The molecule has 0 radical (unpaired) electrons. The fourth-order valence-electron chi connectivity index (χ4n) is 6.67. The maximum absolute atomic E-state index is 13.4. The number of nitrogens with zero attached hydrogens (tertiary/aromatic N) is 2. The highest BCUT2D eigenvalue weighted by Gasteiger charge is 2.42. The molecule has 1 aromatic heterocycles.